The highest BCUT2D eigenvalue weighted by molar-refractivity contribution is 6.03. The van der Waals surface area contributed by atoms with Crippen LogP contribution in [-0.2, 0) is 14.4 Å². The van der Waals surface area contributed by atoms with Gasteiger partial charge in [-0.2, -0.15) is 0 Å². The number of nitrogens with one attached hydrogen (secondary N) is 4. The van der Waals surface area contributed by atoms with Gasteiger partial charge in [-0.1, -0.05) is 60.6 Å². The summed E-state index contributed by atoms with van der Waals surface area (Å²) in [5.41, 5.74) is 0.728. The van der Waals surface area contributed by atoms with Crippen LogP contribution < -0.4 is 21.3 Å². The Morgan fingerprint density at radius 1 is 0.816 bits per heavy atom. The predicted molar refractivity (Wildman–Crippen MR) is 191 cm³/mol. The van der Waals surface area contributed by atoms with Crippen LogP contribution in [0.5, 0.6) is 0 Å². The number of hydrogen-bond acceptors (Lipinski definition) is 8. The van der Waals surface area contributed by atoms with Gasteiger partial charge in [0.2, 0.25) is 11.8 Å². The fourth-order valence-corrected chi connectivity index (χ4v) is 5.67. The number of hydrogen-bond donors (Lipinski definition) is 4. The van der Waals surface area contributed by atoms with Crippen molar-refractivity contribution in [3.05, 3.63) is 29.3 Å². The highest BCUT2D eigenvalue weighted by Gasteiger charge is 2.30. The number of benzene rings is 1. The van der Waals surface area contributed by atoms with E-state index in [1.807, 2.05) is 46.6 Å². The van der Waals surface area contributed by atoms with Crippen LogP contribution in [0.25, 0.3) is 0 Å². The summed E-state index contributed by atoms with van der Waals surface area (Å²) in [6, 6.07) is 2.13. The van der Waals surface area contributed by atoms with Crippen molar-refractivity contribution in [1.29, 1.82) is 0 Å². The molecule has 1 aliphatic rings. The molecule has 49 heavy (non-hydrogen) atoms. The minimum Gasteiger partial charge on any atom is -0.351 e. The van der Waals surface area contributed by atoms with Gasteiger partial charge in [-0.05, 0) is 81.1 Å². The van der Waals surface area contributed by atoms with Crippen LogP contribution in [0.1, 0.15) is 108 Å². The number of likely N-dealkylation sites (N-methyl/N-ethyl adjacent to an activating group) is 1. The fourth-order valence-electron chi connectivity index (χ4n) is 5.67. The van der Waals surface area contributed by atoms with Crippen LogP contribution in [0.2, 0.25) is 0 Å². The van der Waals surface area contributed by atoms with Crippen molar-refractivity contribution in [3.8, 4) is 0 Å². The van der Waals surface area contributed by atoms with Gasteiger partial charge in [-0.3, -0.25) is 24.2 Å². The maximum Gasteiger partial charge on any atom is 0.254 e. The quantitative estimate of drug-likeness (QED) is 0.111. The van der Waals surface area contributed by atoms with E-state index in [9.17, 15) is 24.0 Å². The molecule has 1 aliphatic heterocycles. The van der Waals surface area contributed by atoms with Gasteiger partial charge in [0.25, 0.3) is 11.8 Å². The second-order valence-corrected chi connectivity index (χ2v) is 14.1. The summed E-state index contributed by atoms with van der Waals surface area (Å²) >= 11 is 0. The van der Waals surface area contributed by atoms with Gasteiger partial charge in [-0.15, -0.1) is 5.11 Å². The molecule has 3 atom stereocenters. The third-order valence-corrected chi connectivity index (χ3v) is 8.36. The van der Waals surface area contributed by atoms with Crippen molar-refractivity contribution in [3.63, 3.8) is 0 Å². The number of carbonyl (C=O) groups is 5. The van der Waals surface area contributed by atoms with Crippen molar-refractivity contribution >= 4 is 35.6 Å². The molecule has 0 radical (unpaired) electrons. The average molecular weight is 685 g/mol. The lowest BCUT2D eigenvalue weighted by molar-refractivity contribution is -0.131. The highest BCUT2D eigenvalue weighted by Crippen LogP contribution is 2.24. The molecule has 4 N–H and O–H groups in total. The van der Waals surface area contributed by atoms with Crippen molar-refractivity contribution < 1.29 is 24.0 Å². The third kappa shape index (κ3) is 14.6. The van der Waals surface area contributed by atoms with Gasteiger partial charge in [0.15, 0.2) is 0 Å². The lowest BCUT2D eigenvalue weighted by atomic mass is 9.99. The SMILES string of the molecule is CCN(CC)CCNC(=O)c1ccc(C(=O)N[C@@H](CC(C)C)C(=O)N[C@@H](CC(C)C)C(=O)N[C@H](C=O)CC(C)C)c(N=NN2CCCC2)c1. The molecule has 0 bridgehead atoms. The van der Waals surface area contributed by atoms with E-state index in [1.165, 1.54) is 6.07 Å². The monoisotopic (exact) mass is 684 g/mol. The van der Waals surface area contributed by atoms with Crippen LogP contribution in [-0.4, -0.2) is 97.2 Å². The molecule has 2 rings (SSSR count). The first-order valence-corrected chi connectivity index (χ1v) is 18.0. The molecule has 13 nitrogen and oxygen atoms in total. The lowest BCUT2D eigenvalue weighted by Crippen LogP contribution is -2.55. The summed E-state index contributed by atoms with van der Waals surface area (Å²) in [6.45, 7) is 20.3. The van der Waals surface area contributed by atoms with Gasteiger partial charge >= 0.3 is 0 Å². The summed E-state index contributed by atoms with van der Waals surface area (Å²) in [5, 5.41) is 21.9. The Labute approximate surface area is 292 Å². The first-order chi connectivity index (χ1) is 23.3. The zero-order valence-corrected chi connectivity index (χ0v) is 30.9. The minimum atomic E-state index is -0.959. The Morgan fingerprint density at radius 2 is 1.39 bits per heavy atom. The molecule has 0 spiro atoms. The number of nitrogens with zero attached hydrogens (tertiary/aromatic N) is 4. The molecule has 0 aliphatic carbocycles. The summed E-state index contributed by atoms with van der Waals surface area (Å²) in [7, 11) is 0. The number of aldehydes is 1. The maximum absolute atomic E-state index is 13.8. The van der Waals surface area contributed by atoms with E-state index >= 15 is 0 Å². The van der Waals surface area contributed by atoms with Gasteiger partial charge in [0.05, 0.1) is 11.6 Å². The Balaban J connectivity index is 2.31. The number of carbonyl (C=O) groups excluding carboxylic acids is 5. The first kappa shape index (κ1) is 41.3. The van der Waals surface area contributed by atoms with Gasteiger partial charge < -0.3 is 31.0 Å². The van der Waals surface area contributed by atoms with E-state index in [2.05, 4.69) is 50.4 Å². The summed E-state index contributed by atoms with van der Waals surface area (Å²) in [5.74, 6) is -1.47. The Morgan fingerprint density at radius 3 is 1.94 bits per heavy atom. The molecule has 0 saturated carbocycles. The largest absolute Gasteiger partial charge is 0.351 e. The number of rotatable bonds is 21. The Bertz CT molecular complexity index is 1260. The zero-order chi connectivity index (χ0) is 36.5. The predicted octanol–water partition coefficient (Wildman–Crippen LogP) is 4.26. The lowest BCUT2D eigenvalue weighted by Gasteiger charge is -2.26. The van der Waals surface area contributed by atoms with Crippen molar-refractivity contribution in [1.82, 2.24) is 31.2 Å². The second-order valence-electron chi connectivity index (χ2n) is 14.1. The van der Waals surface area contributed by atoms with Crippen LogP contribution in [0.3, 0.4) is 0 Å². The molecular formula is C36H60N8O5. The maximum atomic E-state index is 13.8. The summed E-state index contributed by atoms with van der Waals surface area (Å²) < 4.78 is 0. The van der Waals surface area contributed by atoms with Crippen molar-refractivity contribution in [2.45, 2.75) is 106 Å². The minimum absolute atomic E-state index is 0.0376. The van der Waals surface area contributed by atoms with Crippen LogP contribution >= 0.6 is 0 Å². The molecule has 1 heterocycles. The Hall–Kier alpha value is -3.87. The molecule has 13 heteroatoms. The third-order valence-electron chi connectivity index (χ3n) is 8.36. The zero-order valence-electron chi connectivity index (χ0n) is 30.9. The van der Waals surface area contributed by atoms with E-state index in [1.54, 1.807) is 12.1 Å². The molecular weight excluding hydrogens is 624 g/mol. The normalized spacial score (nSPS) is 15.1. The van der Waals surface area contributed by atoms with Crippen LogP contribution in [0, 0.1) is 17.8 Å². The molecule has 1 saturated heterocycles. The van der Waals surface area contributed by atoms with Crippen molar-refractivity contribution in [2.24, 2.45) is 28.1 Å². The van der Waals surface area contributed by atoms with Gasteiger partial charge in [0, 0.05) is 31.7 Å². The molecule has 274 valence electrons. The second kappa shape index (κ2) is 21.3. The topological polar surface area (TPSA) is 165 Å². The van der Waals surface area contributed by atoms with E-state index in [4.69, 9.17) is 0 Å². The van der Waals surface area contributed by atoms with Gasteiger partial charge in [-0.25, -0.2) is 0 Å². The first-order valence-electron chi connectivity index (χ1n) is 18.0. The molecule has 1 aromatic carbocycles. The van der Waals surface area contributed by atoms with Crippen LogP contribution in [0.4, 0.5) is 5.69 Å². The average Bonchev–Trinajstić information content (AvgIpc) is 3.57. The molecule has 0 aromatic heterocycles. The van der Waals surface area contributed by atoms with Crippen LogP contribution in [0.15, 0.2) is 28.5 Å². The summed E-state index contributed by atoms with van der Waals surface area (Å²) in [6.07, 6.45) is 3.86. The summed E-state index contributed by atoms with van der Waals surface area (Å²) in [4.78, 5) is 67.7. The van der Waals surface area contributed by atoms with Gasteiger partial charge in [0.1, 0.15) is 24.1 Å². The molecule has 4 amide bonds. The van der Waals surface area contributed by atoms with Crippen molar-refractivity contribution in [2.75, 3.05) is 39.3 Å². The Kier molecular flexibility index (Phi) is 17.9. The molecule has 1 fully saturated rings. The highest BCUT2D eigenvalue weighted by atomic mass is 16.2. The molecule has 0 unspecified atom stereocenters. The molecule has 1 aromatic rings. The standard InChI is InChI=1S/C36H60N8O5/c1-9-43(10-2)18-15-37-33(46)27-13-14-29(30(22-27)41-42-44-16-11-12-17-44)34(47)39-32(21-26(7)8)36(49)40-31(20-25(5)6)35(48)38-28(23-45)19-24(3)4/h13-14,22-26,28,31-32H,9-12,15-21H2,1-8H3,(H,37,46)(H,38,48)(H,39,47)(H,40,49)/t28-,31-,32-/m0/s1. The van der Waals surface area contributed by atoms with E-state index < -0.39 is 35.8 Å². The smallest absolute Gasteiger partial charge is 0.254 e. The van der Waals surface area contributed by atoms with E-state index in [-0.39, 0.29) is 34.9 Å². The fraction of sp³-hybridized carbons (Fsp3) is 0.694. The van der Waals surface area contributed by atoms with E-state index in [0.717, 1.165) is 45.6 Å². The number of amides is 4. The van der Waals surface area contributed by atoms with E-state index in [0.29, 0.717) is 37.7 Å².